The first-order valence-corrected chi connectivity index (χ1v) is 6.35. The minimum Gasteiger partial charge on any atom is -0.288 e. The van der Waals surface area contributed by atoms with Crippen molar-refractivity contribution in [3.05, 3.63) is 47.9 Å². The number of rotatable bonds is 3. The van der Waals surface area contributed by atoms with Crippen LogP contribution in [0.3, 0.4) is 0 Å². The summed E-state index contributed by atoms with van der Waals surface area (Å²) in [4.78, 5) is 15.1. The summed E-state index contributed by atoms with van der Waals surface area (Å²) in [6.07, 6.45) is -4.66. The number of H-pyrrole nitrogens is 2. The van der Waals surface area contributed by atoms with Gasteiger partial charge in [0.05, 0.1) is 5.69 Å². The van der Waals surface area contributed by atoms with Crippen molar-refractivity contribution in [2.45, 2.75) is 6.18 Å². The van der Waals surface area contributed by atoms with Gasteiger partial charge in [0.1, 0.15) is 5.69 Å². The predicted molar refractivity (Wildman–Crippen MR) is 73.4 cm³/mol. The van der Waals surface area contributed by atoms with E-state index in [4.69, 9.17) is 0 Å². The SMILES string of the molecule is O=C(Nc1n[nH]c(C(F)(F)F)n1)c1cc(-c2ccccc2)n[nH]1. The molecule has 0 saturated heterocycles. The first-order chi connectivity index (χ1) is 10.9. The Balaban J connectivity index is 1.74. The molecular formula is C13H9F3N6O. The molecule has 3 N–H and O–H groups in total. The number of aromatic amines is 2. The third kappa shape index (κ3) is 3.20. The van der Waals surface area contributed by atoms with Crippen molar-refractivity contribution >= 4 is 11.9 Å². The van der Waals surface area contributed by atoms with E-state index in [1.54, 1.807) is 5.10 Å². The number of amides is 1. The van der Waals surface area contributed by atoms with Gasteiger partial charge in [-0.15, -0.1) is 5.10 Å². The average molecular weight is 322 g/mol. The molecular weight excluding hydrogens is 313 g/mol. The Bertz CT molecular complexity index is 824. The second kappa shape index (κ2) is 5.55. The topological polar surface area (TPSA) is 99.3 Å². The van der Waals surface area contributed by atoms with Gasteiger partial charge < -0.3 is 0 Å². The number of hydrogen-bond acceptors (Lipinski definition) is 4. The first kappa shape index (κ1) is 14.8. The van der Waals surface area contributed by atoms with Crippen LogP contribution in [0.15, 0.2) is 36.4 Å². The fourth-order valence-corrected chi connectivity index (χ4v) is 1.81. The van der Waals surface area contributed by atoms with Crippen LogP contribution in [-0.4, -0.2) is 31.3 Å². The Morgan fingerprint density at radius 2 is 1.83 bits per heavy atom. The van der Waals surface area contributed by atoms with E-state index >= 15 is 0 Å². The lowest BCUT2D eigenvalue weighted by Gasteiger charge is -1.99. The molecule has 2 aromatic heterocycles. The van der Waals surface area contributed by atoms with Crippen LogP contribution in [0.5, 0.6) is 0 Å². The van der Waals surface area contributed by atoms with E-state index in [1.165, 1.54) is 6.07 Å². The summed E-state index contributed by atoms with van der Waals surface area (Å²) in [5, 5.41) is 13.6. The van der Waals surface area contributed by atoms with Gasteiger partial charge in [0.2, 0.25) is 11.8 Å². The fraction of sp³-hybridized carbons (Fsp3) is 0.0769. The largest absolute Gasteiger partial charge is 0.451 e. The maximum Gasteiger partial charge on any atom is 0.451 e. The van der Waals surface area contributed by atoms with E-state index in [0.29, 0.717) is 5.69 Å². The number of nitrogens with one attached hydrogen (secondary N) is 3. The Hall–Kier alpha value is -3.17. The highest BCUT2D eigenvalue weighted by Gasteiger charge is 2.35. The molecule has 3 aromatic rings. The first-order valence-electron chi connectivity index (χ1n) is 6.35. The van der Waals surface area contributed by atoms with Crippen molar-refractivity contribution < 1.29 is 18.0 Å². The molecule has 118 valence electrons. The van der Waals surface area contributed by atoms with Crippen LogP contribution in [0.1, 0.15) is 16.3 Å². The number of alkyl halides is 3. The maximum absolute atomic E-state index is 12.4. The fourth-order valence-electron chi connectivity index (χ4n) is 1.81. The maximum atomic E-state index is 12.4. The van der Waals surface area contributed by atoms with Gasteiger partial charge in [0.15, 0.2) is 0 Å². The van der Waals surface area contributed by atoms with E-state index in [-0.39, 0.29) is 5.69 Å². The third-order valence-electron chi connectivity index (χ3n) is 2.87. The van der Waals surface area contributed by atoms with Crippen LogP contribution in [0.4, 0.5) is 19.1 Å². The molecule has 0 spiro atoms. The second-order valence-electron chi connectivity index (χ2n) is 4.49. The van der Waals surface area contributed by atoms with Crippen LogP contribution < -0.4 is 5.32 Å². The molecule has 0 bridgehead atoms. The number of carbonyl (C=O) groups excluding carboxylic acids is 1. The highest BCUT2D eigenvalue weighted by Crippen LogP contribution is 2.26. The number of hydrogen-bond donors (Lipinski definition) is 3. The van der Waals surface area contributed by atoms with Crippen molar-refractivity contribution in [3.63, 3.8) is 0 Å². The second-order valence-corrected chi connectivity index (χ2v) is 4.49. The van der Waals surface area contributed by atoms with Gasteiger partial charge in [-0.25, -0.2) is 0 Å². The minimum atomic E-state index is -4.66. The summed E-state index contributed by atoms with van der Waals surface area (Å²) in [6, 6.07) is 10.6. The number of nitrogens with zero attached hydrogens (tertiary/aromatic N) is 3. The smallest absolute Gasteiger partial charge is 0.288 e. The summed E-state index contributed by atoms with van der Waals surface area (Å²) >= 11 is 0. The summed E-state index contributed by atoms with van der Waals surface area (Å²) in [7, 11) is 0. The molecule has 10 heteroatoms. The van der Waals surface area contributed by atoms with Gasteiger partial charge in [0.25, 0.3) is 5.91 Å². The molecule has 0 atom stereocenters. The number of aromatic nitrogens is 5. The Labute approximate surface area is 126 Å². The molecule has 2 heterocycles. The van der Waals surface area contributed by atoms with Crippen molar-refractivity contribution in [2.75, 3.05) is 5.32 Å². The van der Waals surface area contributed by atoms with E-state index in [9.17, 15) is 18.0 Å². The van der Waals surface area contributed by atoms with Gasteiger partial charge in [-0.2, -0.15) is 23.3 Å². The number of carbonyl (C=O) groups is 1. The van der Waals surface area contributed by atoms with Crippen LogP contribution in [0.2, 0.25) is 0 Å². The molecule has 23 heavy (non-hydrogen) atoms. The van der Waals surface area contributed by atoms with E-state index < -0.39 is 23.9 Å². The van der Waals surface area contributed by atoms with Gasteiger partial charge in [-0.1, -0.05) is 30.3 Å². The van der Waals surface area contributed by atoms with Crippen molar-refractivity contribution in [1.82, 2.24) is 25.4 Å². The molecule has 0 aliphatic rings. The minimum absolute atomic E-state index is 0.0715. The zero-order chi connectivity index (χ0) is 16.4. The summed E-state index contributed by atoms with van der Waals surface area (Å²) in [5.41, 5.74) is 1.39. The molecule has 7 nitrogen and oxygen atoms in total. The number of benzene rings is 1. The summed E-state index contributed by atoms with van der Waals surface area (Å²) in [5.74, 6) is -2.46. The predicted octanol–water partition coefficient (Wildman–Crippen LogP) is 2.47. The van der Waals surface area contributed by atoms with Crippen molar-refractivity contribution in [2.24, 2.45) is 0 Å². The average Bonchev–Trinajstić information content (AvgIpc) is 3.16. The van der Waals surface area contributed by atoms with Gasteiger partial charge in [-0.3, -0.25) is 20.3 Å². The zero-order valence-electron chi connectivity index (χ0n) is 11.3. The molecule has 0 fully saturated rings. The van der Waals surface area contributed by atoms with Gasteiger partial charge in [0, 0.05) is 5.56 Å². The number of halogens is 3. The summed E-state index contributed by atoms with van der Waals surface area (Å²) < 4.78 is 37.2. The van der Waals surface area contributed by atoms with Gasteiger partial charge >= 0.3 is 6.18 Å². The quantitative estimate of drug-likeness (QED) is 0.689. The van der Waals surface area contributed by atoms with E-state index in [2.05, 4.69) is 25.6 Å². The standard InChI is InChI=1S/C13H9F3N6O/c14-13(15,16)11-18-12(22-21-11)17-10(23)9-6-8(19-20-9)7-4-2-1-3-5-7/h1-6H,(H,19,20)(H2,17,18,21,22,23). The molecule has 1 aromatic carbocycles. The zero-order valence-corrected chi connectivity index (χ0v) is 11.3. The Morgan fingerprint density at radius 1 is 1.09 bits per heavy atom. The lowest BCUT2D eigenvalue weighted by Crippen LogP contribution is -2.14. The Morgan fingerprint density at radius 3 is 2.48 bits per heavy atom. The molecule has 0 aliphatic carbocycles. The molecule has 0 radical (unpaired) electrons. The molecule has 3 rings (SSSR count). The number of anilines is 1. The van der Waals surface area contributed by atoms with Crippen LogP contribution in [0.25, 0.3) is 11.3 Å². The normalized spacial score (nSPS) is 11.4. The van der Waals surface area contributed by atoms with Crippen LogP contribution in [-0.2, 0) is 6.18 Å². The molecule has 0 aliphatic heterocycles. The highest BCUT2D eigenvalue weighted by atomic mass is 19.4. The third-order valence-corrected chi connectivity index (χ3v) is 2.87. The highest BCUT2D eigenvalue weighted by molar-refractivity contribution is 6.02. The van der Waals surface area contributed by atoms with E-state index in [1.807, 2.05) is 30.3 Å². The lowest BCUT2D eigenvalue weighted by atomic mass is 10.1. The molecule has 0 unspecified atom stereocenters. The summed E-state index contributed by atoms with van der Waals surface area (Å²) in [6.45, 7) is 0. The van der Waals surface area contributed by atoms with Crippen molar-refractivity contribution in [1.29, 1.82) is 0 Å². The monoisotopic (exact) mass is 322 g/mol. The molecule has 1 amide bonds. The van der Waals surface area contributed by atoms with Crippen LogP contribution in [0, 0.1) is 0 Å². The van der Waals surface area contributed by atoms with Crippen molar-refractivity contribution in [3.8, 4) is 11.3 Å². The van der Waals surface area contributed by atoms with Crippen LogP contribution >= 0.6 is 0 Å². The lowest BCUT2D eigenvalue weighted by molar-refractivity contribution is -0.144. The molecule has 0 saturated carbocycles. The Kier molecular flexibility index (Phi) is 3.56. The van der Waals surface area contributed by atoms with E-state index in [0.717, 1.165) is 5.56 Å². The van der Waals surface area contributed by atoms with Gasteiger partial charge in [-0.05, 0) is 6.07 Å².